The van der Waals surface area contributed by atoms with Gasteiger partial charge in [-0.05, 0) is 30.5 Å². The lowest BCUT2D eigenvalue weighted by atomic mass is 10.0. The van der Waals surface area contributed by atoms with E-state index in [0.29, 0.717) is 22.1 Å². The van der Waals surface area contributed by atoms with Crippen LogP contribution in [0.5, 0.6) is 0 Å². The van der Waals surface area contributed by atoms with Crippen molar-refractivity contribution in [1.82, 2.24) is 9.88 Å². The highest BCUT2D eigenvalue weighted by molar-refractivity contribution is 6.03. The summed E-state index contributed by atoms with van der Waals surface area (Å²) in [6.07, 6.45) is 3.87. The summed E-state index contributed by atoms with van der Waals surface area (Å²) in [7, 11) is 3.89. The molecule has 4 rings (SSSR count). The van der Waals surface area contributed by atoms with Crippen molar-refractivity contribution in [3.8, 4) is 0 Å². The van der Waals surface area contributed by atoms with E-state index in [1.165, 1.54) is 0 Å². The molecule has 4 nitrogen and oxygen atoms in total. The Bertz CT molecular complexity index is 1150. The van der Waals surface area contributed by atoms with E-state index in [2.05, 4.69) is 4.98 Å². The van der Waals surface area contributed by atoms with Crippen LogP contribution in [0.3, 0.4) is 0 Å². The Morgan fingerprint density at radius 1 is 1.00 bits per heavy atom. The second-order valence-electron chi connectivity index (χ2n) is 5.93. The third kappa shape index (κ3) is 2.24. The maximum atomic E-state index is 13.0. The monoisotopic (exact) mass is 316 g/mol. The number of fused-ring (bicyclic) bond motifs is 3. The number of rotatable bonds is 2. The fraction of sp³-hybridized carbons (Fsp3) is 0.100. The van der Waals surface area contributed by atoms with Crippen LogP contribution < -0.4 is 5.43 Å². The Balaban J connectivity index is 2.24. The molecule has 0 aliphatic heterocycles. The lowest BCUT2D eigenvalue weighted by Crippen LogP contribution is -2.06. The van der Waals surface area contributed by atoms with E-state index in [9.17, 15) is 4.79 Å². The van der Waals surface area contributed by atoms with E-state index in [1.54, 1.807) is 12.1 Å². The molecule has 0 saturated heterocycles. The molecule has 4 aromatic rings. The fourth-order valence-electron chi connectivity index (χ4n) is 2.89. The summed E-state index contributed by atoms with van der Waals surface area (Å²) in [5.41, 5.74) is 2.52. The Morgan fingerprint density at radius 3 is 2.50 bits per heavy atom. The minimum absolute atomic E-state index is 0.0523. The van der Waals surface area contributed by atoms with Crippen molar-refractivity contribution in [3.05, 3.63) is 70.5 Å². The number of hydrogen-bond donors (Lipinski definition) is 0. The van der Waals surface area contributed by atoms with Gasteiger partial charge in [0.25, 0.3) is 0 Å². The van der Waals surface area contributed by atoms with Crippen molar-refractivity contribution in [2.24, 2.45) is 0 Å². The van der Waals surface area contributed by atoms with Crippen LogP contribution in [0, 0.1) is 0 Å². The molecule has 0 atom stereocenters. The molecule has 0 aliphatic rings. The average molecular weight is 316 g/mol. The quantitative estimate of drug-likeness (QED) is 0.524. The first-order valence-electron chi connectivity index (χ1n) is 7.74. The van der Waals surface area contributed by atoms with Crippen LogP contribution in [0.1, 0.15) is 5.56 Å². The van der Waals surface area contributed by atoms with Crippen molar-refractivity contribution in [2.45, 2.75) is 0 Å². The zero-order chi connectivity index (χ0) is 16.7. The van der Waals surface area contributed by atoms with Crippen molar-refractivity contribution < 1.29 is 4.42 Å². The molecule has 0 unspecified atom stereocenters. The van der Waals surface area contributed by atoms with Gasteiger partial charge in [0.1, 0.15) is 5.58 Å². The highest BCUT2D eigenvalue weighted by Crippen LogP contribution is 2.27. The lowest BCUT2D eigenvalue weighted by molar-refractivity contribution is 0.567. The molecule has 4 heteroatoms. The normalized spacial score (nSPS) is 11.8. The number of para-hydroxylation sites is 2. The first-order valence-corrected chi connectivity index (χ1v) is 7.74. The zero-order valence-electron chi connectivity index (χ0n) is 13.5. The summed E-state index contributed by atoms with van der Waals surface area (Å²) < 4.78 is 5.92. The number of pyridine rings is 1. The molecule has 0 fully saturated rings. The summed E-state index contributed by atoms with van der Waals surface area (Å²) in [5.74, 6) is 0. The van der Waals surface area contributed by atoms with Gasteiger partial charge < -0.3 is 9.32 Å². The van der Waals surface area contributed by atoms with Gasteiger partial charge in [0.2, 0.25) is 11.1 Å². The van der Waals surface area contributed by atoms with E-state index in [4.69, 9.17) is 4.42 Å². The van der Waals surface area contributed by atoms with E-state index in [1.807, 2.05) is 67.7 Å². The third-order valence-electron chi connectivity index (χ3n) is 4.00. The predicted molar refractivity (Wildman–Crippen MR) is 98.0 cm³/mol. The molecule has 0 saturated carbocycles. The zero-order valence-corrected chi connectivity index (χ0v) is 13.5. The van der Waals surface area contributed by atoms with Gasteiger partial charge in [-0.25, -0.2) is 4.98 Å². The minimum atomic E-state index is -0.0523. The molecular weight excluding hydrogens is 300 g/mol. The van der Waals surface area contributed by atoms with Crippen molar-refractivity contribution in [3.63, 3.8) is 0 Å². The van der Waals surface area contributed by atoms with Crippen LogP contribution in [0.25, 0.3) is 39.0 Å². The molecule has 0 amide bonds. The van der Waals surface area contributed by atoms with Gasteiger partial charge in [0, 0.05) is 25.0 Å². The molecule has 24 heavy (non-hydrogen) atoms. The van der Waals surface area contributed by atoms with Crippen LogP contribution in [-0.2, 0) is 0 Å². The van der Waals surface area contributed by atoms with Crippen molar-refractivity contribution >= 4 is 39.0 Å². The van der Waals surface area contributed by atoms with Crippen molar-refractivity contribution in [1.29, 1.82) is 0 Å². The summed E-state index contributed by atoms with van der Waals surface area (Å²) in [4.78, 5) is 19.5. The Kier molecular flexibility index (Phi) is 3.31. The predicted octanol–water partition coefficient (Wildman–Crippen LogP) is 4.03. The van der Waals surface area contributed by atoms with E-state index >= 15 is 0 Å². The summed E-state index contributed by atoms with van der Waals surface area (Å²) >= 11 is 0. The molecule has 2 aromatic heterocycles. The van der Waals surface area contributed by atoms with Gasteiger partial charge in [-0.15, -0.1) is 0 Å². The van der Waals surface area contributed by atoms with Crippen LogP contribution in [0.4, 0.5) is 0 Å². The molecule has 0 N–H and O–H groups in total. The Hall–Kier alpha value is -3.14. The lowest BCUT2D eigenvalue weighted by Gasteiger charge is -2.09. The van der Waals surface area contributed by atoms with Gasteiger partial charge in [-0.1, -0.05) is 30.3 Å². The number of aromatic nitrogens is 1. The van der Waals surface area contributed by atoms with Gasteiger partial charge in [0.05, 0.1) is 16.3 Å². The first-order chi connectivity index (χ1) is 11.6. The molecule has 0 bridgehead atoms. The smallest absolute Gasteiger partial charge is 0.231 e. The van der Waals surface area contributed by atoms with Gasteiger partial charge >= 0.3 is 0 Å². The highest BCUT2D eigenvalue weighted by atomic mass is 16.3. The Labute approximate surface area is 138 Å². The highest BCUT2D eigenvalue weighted by Gasteiger charge is 2.14. The van der Waals surface area contributed by atoms with Crippen LogP contribution in [0.15, 0.2) is 63.9 Å². The number of nitrogens with zero attached hydrogens (tertiary/aromatic N) is 2. The van der Waals surface area contributed by atoms with E-state index in [-0.39, 0.29) is 5.43 Å². The molecular formula is C20H16N2O2. The third-order valence-corrected chi connectivity index (χ3v) is 4.00. The molecule has 2 aromatic carbocycles. The largest absolute Gasteiger partial charge is 0.437 e. The van der Waals surface area contributed by atoms with Crippen LogP contribution >= 0.6 is 0 Å². The van der Waals surface area contributed by atoms with Gasteiger partial charge in [0.15, 0.2) is 0 Å². The maximum absolute atomic E-state index is 13.0. The topological polar surface area (TPSA) is 46.3 Å². The second kappa shape index (κ2) is 5.49. The molecule has 2 heterocycles. The summed E-state index contributed by atoms with van der Waals surface area (Å²) in [5, 5.41) is 2.03. The molecule has 0 spiro atoms. The van der Waals surface area contributed by atoms with E-state index in [0.717, 1.165) is 16.5 Å². The van der Waals surface area contributed by atoms with E-state index < -0.39 is 0 Å². The van der Waals surface area contributed by atoms with Crippen molar-refractivity contribution in [2.75, 3.05) is 14.1 Å². The maximum Gasteiger partial charge on any atom is 0.231 e. The first kappa shape index (κ1) is 14.5. The summed E-state index contributed by atoms with van der Waals surface area (Å²) in [6.45, 7) is 0. The average Bonchev–Trinajstić information content (AvgIpc) is 2.59. The molecule has 0 radical (unpaired) electrons. The van der Waals surface area contributed by atoms with Gasteiger partial charge in [-0.2, -0.15) is 0 Å². The number of benzene rings is 2. The number of hydrogen-bond acceptors (Lipinski definition) is 4. The SMILES string of the molecule is CN(C)/C=C/c1c2ccccc2nc2oc3ccccc3c(=O)c12. The Morgan fingerprint density at radius 2 is 1.71 bits per heavy atom. The van der Waals surface area contributed by atoms with Gasteiger partial charge in [-0.3, -0.25) is 4.79 Å². The molecule has 118 valence electrons. The minimum Gasteiger partial charge on any atom is -0.437 e. The standard InChI is InChI=1S/C20H16N2O2/c1-22(2)12-11-14-13-7-3-5-9-16(13)21-20-18(14)19(23)15-8-4-6-10-17(15)24-20/h3-12H,1-2H3/b12-11+. The second-order valence-corrected chi connectivity index (χ2v) is 5.93. The van der Waals surface area contributed by atoms with Crippen LogP contribution in [0.2, 0.25) is 0 Å². The van der Waals surface area contributed by atoms with Crippen LogP contribution in [-0.4, -0.2) is 24.0 Å². The fourth-order valence-corrected chi connectivity index (χ4v) is 2.89. The summed E-state index contributed by atoms with van der Waals surface area (Å²) in [6, 6.07) is 15.1. The molecule has 0 aliphatic carbocycles.